The van der Waals surface area contributed by atoms with Gasteiger partial charge in [0.25, 0.3) is 0 Å². The number of benzene rings is 1. The number of aromatic nitrogens is 1. The maximum absolute atomic E-state index is 13.4. The lowest BCUT2D eigenvalue weighted by Gasteiger charge is -2.45. The predicted molar refractivity (Wildman–Crippen MR) is 122 cm³/mol. The minimum atomic E-state index is -0.773. The lowest BCUT2D eigenvalue weighted by atomic mass is 9.76. The summed E-state index contributed by atoms with van der Waals surface area (Å²) >= 11 is 1.58. The monoisotopic (exact) mass is 430 g/mol. The predicted octanol–water partition coefficient (Wildman–Crippen LogP) is 4.86. The molecule has 0 spiro atoms. The number of nitrogens with one attached hydrogen (secondary N) is 2. The highest BCUT2D eigenvalue weighted by Crippen LogP contribution is 2.44. The number of furan rings is 1. The summed E-state index contributed by atoms with van der Waals surface area (Å²) in [7, 11) is 1.64. The Labute approximate surface area is 184 Å². The molecule has 156 valence electrons. The SMILES string of the molecule is Cc1ccnc(-c2csc([C@@]3(C)NC(=N)N(C)C(=O)C3c3ccc4occc4c3)c2)c1. The van der Waals surface area contributed by atoms with E-state index in [1.54, 1.807) is 30.8 Å². The number of amides is 1. The van der Waals surface area contributed by atoms with Crippen LogP contribution in [0.4, 0.5) is 0 Å². The van der Waals surface area contributed by atoms with Crippen molar-refractivity contribution in [1.29, 1.82) is 5.41 Å². The molecule has 1 amide bonds. The summed E-state index contributed by atoms with van der Waals surface area (Å²) in [6.07, 6.45) is 3.45. The van der Waals surface area contributed by atoms with Crippen LogP contribution in [0.2, 0.25) is 0 Å². The van der Waals surface area contributed by atoms with Gasteiger partial charge in [-0.3, -0.25) is 20.1 Å². The Morgan fingerprint density at radius 3 is 2.87 bits per heavy atom. The molecule has 2 N–H and O–H groups in total. The van der Waals surface area contributed by atoms with Crippen LogP contribution in [-0.2, 0) is 10.3 Å². The molecule has 1 aromatic carbocycles. The van der Waals surface area contributed by atoms with Gasteiger partial charge in [-0.25, -0.2) is 0 Å². The zero-order chi connectivity index (χ0) is 21.8. The zero-order valence-electron chi connectivity index (χ0n) is 17.5. The van der Waals surface area contributed by atoms with Crippen LogP contribution in [0.25, 0.3) is 22.2 Å². The van der Waals surface area contributed by atoms with E-state index < -0.39 is 11.5 Å². The van der Waals surface area contributed by atoms with Crippen LogP contribution in [0.3, 0.4) is 0 Å². The summed E-state index contributed by atoms with van der Waals surface area (Å²) in [6.45, 7) is 4.04. The third-order valence-corrected chi connectivity index (χ3v) is 7.17. The topological polar surface area (TPSA) is 82.2 Å². The van der Waals surface area contributed by atoms with Crippen LogP contribution in [-0.4, -0.2) is 28.8 Å². The second kappa shape index (κ2) is 7.06. The molecule has 1 fully saturated rings. The molecule has 4 heterocycles. The van der Waals surface area contributed by atoms with Crippen molar-refractivity contribution in [3.05, 3.63) is 76.3 Å². The molecule has 31 heavy (non-hydrogen) atoms. The Kier molecular flexibility index (Phi) is 4.44. The normalized spacial score (nSPS) is 21.5. The number of nitrogens with zero attached hydrogens (tertiary/aromatic N) is 2. The van der Waals surface area contributed by atoms with Gasteiger partial charge in [-0.05, 0) is 61.4 Å². The van der Waals surface area contributed by atoms with Gasteiger partial charge >= 0.3 is 0 Å². The van der Waals surface area contributed by atoms with Gasteiger partial charge in [0.1, 0.15) is 5.58 Å². The Balaban J connectivity index is 1.63. The molecule has 4 aromatic rings. The van der Waals surface area contributed by atoms with Crippen molar-refractivity contribution in [2.75, 3.05) is 7.05 Å². The molecule has 6 nitrogen and oxygen atoms in total. The van der Waals surface area contributed by atoms with Crippen LogP contribution in [0.1, 0.15) is 28.8 Å². The lowest BCUT2D eigenvalue weighted by molar-refractivity contribution is -0.131. The quantitative estimate of drug-likeness (QED) is 0.486. The number of hydrogen-bond donors (Lipinski definition) is 2. The first-order valence-electron chi connectivity index (χ1n) is 10.0. The van der Waals surface area contributed by atoms with Crippen molar-refractivity contribution in [2.45, 2.75) is 25.3 Å². The smallest absolute Gasteiger partial charge is 0.239 e. The van der Waals surface area contributed by atoms with Gasteiger partial charge in [-0.15, -0.1) is 11.3 Å². The fourth-order valence-electron chi connectivity index (χ4n) is 4.23. The van der Waals surface area contributed by atoms with Crippen LogP contribution in [0.15, 0.2) is 64.7 Å². The third kappa shape index (κ3) is 3.13. The Bertz CT molecular complexity index is 1320. The summed E-state index contributed by atoms with van der Waals surface area (Å²) in [6, 6.07) is 13.8. The number of hydrogen-bond acceptors (Lipinski definition) is 5. The number of carbonyl (C=O) groups excluding carboxylic acids is 1. The van der Waals surface area contributed by atoms with E-state index in [4.69, 9.17) is 9.83 Å². The van der Waals surface area contributed by atoms with Crippen LogP contribution in [0.5, 0.6) is 0 Å². The van der Waals surface area contributed by atoms with Gasteiger partial charge in [-0.2, -0.15) is 0 Å². The summed E-state index contributed by atoms with van der Waals surface area (Å²) < 4.78 is 5.47. The minimum absolute atomic E-state index is 0.0942. The fraction of sp³-hybridized carbons (Fsp3) is 0.208. The first-order valence-corrected chi connectivity index (χ1v) is 10.9. The molecule has 0 aliphatic carbocycles. The number of likely N-dealkylation sites (N-methyl/N-ethyl adjacent to an activating group) is 1. The van der Waals surface area contributed by atoms with Gasteiger partial charge < -0.3 is 9.73 Å². The van der Waals surface area contributed by atoms with E-state index in [2.05, 4.69) is 21.7 Å². The van der Waals surface area contributed by atoms with Gasteiger partial charge in [0.15, 0.2) is 5.96 Å². The molecule has 2 atom stereocenters. The summed E-state index contributed by atoms with van der Waals surface area (Å²) in [4.78, 5) is 20.3. The number of rotatable bonds is 3. The lowest BCUT2D eigenvalue weighted by Crippen LogP contribution is -2.62. The molecular weight excluding hydrogens is 408 g/mol. The minimum Gasteiger partial charge on any atom is -0.464 e. The Hall–Kier alpha value is -3.45. The molecule has 1 unspecified atom stereocenters. The molecule has 1 aliphatic rings. The largest absolute Gasteiger partial charge is 0.464 e. The third-order valence-electron chi connectivity index (χ3n) is 6.00. The maximum Gasteiger partial charge on any atom is 0.239 e. The van der Waals surface area contributed by atoms with E-state index in [1.807, 2.05) is 50.2 Å². The van der Waals surface area contributed by atoms with Crippen molar-refractivity contribution in [2.24, 2.45) is 0 Å². The number of aryl methyl sites for hydroxylation is 1. The van der Waals surface area contributed by atoms with E-state index in [0.717, 1.165) is 38.2 Å². The molecule has 0 saturated carbocycles. The maximum atomic E-state index is 13.4. The van der Waals surface area contributed by atoms with Gasteiger partial charge in [-0.1, -0.05) is 6.07 Å². The van der Waals surface area contributed by atoms with Crippen LogP contribution < -0.4 is 5.32 Å². The number of thiophene rings is 1. The molecule has 5 rings (SSSR count). The van der Waals surface area contributed by atoms with Gasteiger partial charge in [0, 0.05) is 34.5 Å². The molecule has 7 heteroatoms. The van der Waals surface area contributed by atoms with Crippen molar-refractivity contribution >= 4 is 34.2 Å². The summed E-state index contributed by atoms with van der Waals surface area (Å²) in [5, 5.41) is 14.7. The molecular formula is C24H22N4O2S. The van der Waals surface area contributed by atoms with Crippen molar-refractivity contribution in [3.8, 4) is 11.3 Å². The molecule has 0 radical (unpaired) electrons. The van der Waals surface area contributed by atoms with E-state index in [9.17, 15) is 4.79 Å². The van der Waals surface area contributed by atoms with E-state index in [0.29, 0.717) is 0 Å². The highest BCUT2D eigenvalue weighted by Gasteiger charge is 2.49. The Morgan fingerprint density at radius 2 is 2.06 bits per heavy atom. The Morgan fingerprint density at radius 1 is 1.23 bits per heavy atom. The summed E-state index contributed by atoms with van der Waals surface area (Å²) in [5.41, 5.74) is 3.95. The molecule has 3 aromatic heterocycles. The molecule has 1 saturated heterocycles. The van der Waals surface area contributed by atoms with Crippen molar-refractivity contribution < 1.29 is 9.21 Å². The second-order valence-corrected chi connectivity index (χ2v) is 9.05. The molecule has 0 bridgehead atoms. The standard InChI is InChI=1S/C24H22N4O2S/c1-14-6-8-26-18(10-14)17-12-20(31-13-17)24(2)21(22(29)28(3)23(25)27-24)16-4-5-19-15(11-16)7-9-30-19/h4-13,21H,1-3H3,(H2,25,27)/t21?,24-/m1/s1. The number of pyridine rings is 1. The van der Waals surface area contributed by atoms with Crippen molar-refractivity contribution in [3.63, 3.8) is 0 Å². The van der Waals surface area contributed by atoms with Gasteiger partial charge in [0.2, 0.25) is 5.91 Å². The highest BCUT2D eigenvalue weighted by molar-refractivity contribution is 7.10. The van der Waals surface area contributed by atoms with E-state index in [-0.39, 0.29) is 11.9 Å². The molecule has 1 aliphatic heterocycles. The highest BCUT2D eigenvalue weighted by atomic mass is 32.1. The number of carbonyl (C=O) groups is 1. The van der Waals surface area contributed by atoms with Crippen LogP contribution >= 0.6 is 11.3 Å². The zero-order valence-corrected chi connectivity index (χ0v) is 18.3. The van der Waals surface area contributed by atoms with Crippen LogP contribution in [0, 0.1) is 12.3 Å². The average Bonchev–Trinajstić information content (AvgIpc) is 3.42. The second-order valence-electron chi connectivity index (χ2n) is 8.14. The number of fused-ring (bicyclic) bond motifs is 1. The first-order chi connectivity index (χ1) is 14.9. The summed E-state index contributed by atoms with van der Waals surface area (Å²) in [5.74, 6) is -0.516. The van der Waals surface area contributed by atoms with Crippen molar-refractivity contribution in [1.82, 2.24) is 15.2 Å². The first kappa shape index (κ1) is 19.5. The average molecular weight is 431 g/mol. The van der Waals surface area contributed by atoms with E-state index in [1.165, 1.54) is 4.90 Å². The van der Waals surface area contributed by atoms with Gasteiger partial charge in [0.05, 0.1) is 23.4 Å². The fourth-order valence-corrected chi connectivity index (χ4v) is 5.29. The number of guanidine groups is 1. The van der Waals surface area contributed by atoms with E-state index >= 15 is 0 Å².